The van der Waals surface area contributed by atoms with Crippen LogP contribution < -0.4 is 9.80 Å². The van der Waals surface area contributed by atoms with Gasteiger partial charge in [-0.1, -0.05) is 6.92 Å². The second-order valence-electron chi connectivity index (χ2n) is 5.62. The van der Waals surface area contributed by atoms with Crippen LogP contribution in [0.3, 0.4) is 0 Å². The van der Waals surface area contributed by atoms with Gasteiger partial charge in [0.05, 0.1) is 11.4 Å². The van der Waals surface area contributed by atoms with E-state index in [4.69, 9.17) is 0 Å². The summed E-state index contributed by atoms with van der Waals surface area (Å²) in [6.45, 7) is 5.81. The number of nitrogens with zero attached hydrogens (tertiary/aromatic N) is 2. The quantitative estimate of drug-likeness (QED) is 0.842. The molecule has 0 aliphatic carbocycles. The number of amides is 2. The maximum atomic E-state index is 12.7. The number of hydrogen-bond donors (Lipinski definition) is 1. The molecule has 1 aromatic carbocycles. The van der Waals surface area contributed by atoms with Crippen molar-refractivity contribution in [1.29, 1.82) is 0 Å². The predicted octanol–water partition coefficient (Wildman–Crippen LogP) is 2.14. The fourth-order valence-corrected chi connectivity index (χ4v) is 2.52. The van der Waals surface area contributed by atoms with Crippen LogP contribution in [0.2, 0.25) is 0 Å². The second kappa shape index (κ2) is 4.81. The number of carbonyl (C=O) groups excluding carboxylic acids is 2. The molecule has 1 N–H and O–H groups in total. The van der Waals surface area contributed by atoms with Gasteiger partial charge < -0.3 is 14.9 Å². The van der Waals surface area contributed by atoms with E-state index in [1.54, 1.807) is 31.9 Å². The molecular weight excluding hydrogens is 256 g/mol. The maximum Gasteiger partial charge on any atom is 0.242 e. The lowest BCUT2D eigenvalue weighted by atomic mass is 9.90. The summed E-state index contributed by atoms with van der Waals surface area (Å²) in [7, 11) is 1.63. The normalized spacial score (nSPS) is 18.0. The van der Waals surface area contributed by atoms with Gasteiger partial charge in [0, 0.05) is 19.7 Å². The van der Waals surface area contributed by atoms with Gasteiger partial charge in [0.15, 0.2) is 0 Å². The molecule has 0 aromatic heterocycles. The number of hydrogen-bond acceptors (Lipinski definition) is 3. The van der Waals surface area contributed by atoms with Crippen molar-refractivity contribution < 1.29 is 14.7 Å². The van der Waals surface area contributed by atoms with Crippen LogP contribution in [0.15, 0.2) is 18.2 Å². The second-order valence-corrected chi connectivity index (χ2v) is 5.62. The van der Waals surface area contributed by atoms with Crippen molar-refractivity contribution in [2.75, 3.05) is 23.4 Å². The smallest absolute Gasteiger partial charge is 0.242 e. The number of benzene rings is 1. The van der Waals surface area contributed by atoms with Gasteiger partial charge in [0.25, 0.3) is 0 Å². The predicted molar refractivity (Wildman–Crippen MR) is 77.9 cm³/mol. The summed E-state index contributed by atoms with van der Waals surface area (Å²) in [6.07, 6.45) is 0.792. The van der Waals surface area contributed by atoms with Crippen LogP contribution in [-0.2, 0) is 9.59 Å². The fraction of sp³-hybridized carbons (Fsp3) is 0.467. The number of anilines is 2. The Hall–Kier alpha value is -2.04. The first-order chi connectivity index (χ1) is 9.30. The van der Waals surface area contributed by atoms with Gasteiger partial charge in [-0.3, -0.25) is 9.59 Å². The minimum atomic E-state index is -1.11. The third kappa shape index (κ3) is 2.03. The van der Waals surface area contributed by atoms with Crippen molar-refractivity contribution in [3.63, 3.8) is 0 Å². The molecule has 2 amide bonds. The van der Waals surface area contributed by atoms with Gasteiger partial charge in [-0.05, 0) is 32.4 Å². The maximum absolute atomic E-state index is 12.7. The highest BCUT2D eigenvalue weighted by atomic mass is 16.3. The lowest BCUT2D eigenvalue weighted by Gasteiger charge is -2.27. The first kappa shape index (κ1) is 14.4. The van der Waals surface area contributed by atoms with Crippen molar-refractivity contribution in [2.45, 2.75) is 27.2 Å². The summed E-state index contributed by atoms with van der Waals surface area (Å²) >= 11 is 0. The zero-order valence-electron chi connectivity index (χ0n) is 12.3. The van der Waals surface area contributed by atoms with Crippen molar-refractivity contribution in [2.24, 2.45) is 5.41 Å². The number of rotatable bonds is 2. The lowest BCUT2D eigenvalue weighted by molar-refractivity contribution is -0.137. The summed E-state index contributed by atoms with van der Waals surface area (Å²) in [5.74, 6) is -0.402. The first-order valence-electron chi connectivity index (χ1n) is 6.73. The van der Waals surface area contributed by atoms with Crippen molar-refractivity contribution >= 4 is 23.2 Å². The summed E-state index contributed by atoms with van der Waals surface area (Å²) < 4.78 is 0. The van der Waals surface area contributed by atoms with Crippen LogP contribution in [0.5, 0.6) is 5.75 Å². The van der Waals surface area contributed by atoms with E-state index in [1.807, 2.05) is 6.92 Å². The molecule has 1 aliphatic heterocycles. The molecule has 1 aliphatic rings. The molecule has 108 valence electrons. The van der Waals surface area contributed by atoms with Crippen LogP contribution >= 0.6 is 0 Å². The lowest BCUT2D eigenvalue weighted by Crippen LogP contribution is -2.47. The van der Waals surface area contributed by atoms with E-state index < -0.39 is 5.41 Å². The van der Waals surface area contributed by atoms with Gasteiger partial charge in [-0.25, -0.2) is 0 Å². The number of phenols is 1. The van der Waals surface area contributed by atoms with Crippen LogP contribution in [0.1, 0.15) is 27.2 Å². The highest BCUT2D eigenvalue weighted by Crippen LogP contribution is 2.39. The van der Waals surface area contributed by atoms with E-state index >= 15 is 0 Å². The largest absolute Gasteiger partial charge is 0.508 e. The average Bonchev–Trinajstić information content (AvgIpc) is 2.46. The summed E-state index contributed by atoms with van der Waals surface area (Å²) in [4.78, 5) is 28.3. The summed E-state index contributed by atoms with van der Waals surface area (Å²) in [5, 5.41) is 9.65. The summed E-state index contributed by atoms with van der Waals surface area (Å²) in [6, 6.07) is 4.74. The van der Waals surface area contributed by atoms with Gasteiger partial charge in [-0.2, -0.15) is 0 Å². The van der Waals surface area contributed by atoms with Crippen LogP contribution in [0.4, 0.5) is 11.4 Å². The third-order valence-electron chi connectivity index (χ3n) is 3.68. The van der Waals surface area contributed by atoms with Crippen LogP contribution in [0, 0.1) is 5.41 Å². The van der Waals surface area contributed by atoms with E-state index in [0.29, 0.717) is 17.9 Å². The van der Waals surface area contributed by atoms with E-state index in [9.17, 15) is 14.7 Å². The highest BCUT2D eigenvalue weighted by Gasteiger charge is 2.45. The molecule has 20 heavy (non-hydrogen) atoms. The topological polar surface area (TPSA) is 60.9 Å². The Bertz CT molecular complexity index is 566. The fourth-order valence-electron chi connectivity index (χ4n) is 2.52. The Morgan fingerprint density at radius 1 is 1.15 bits per heavy atom. The number of phenolic OH excluding ortho intramolecular Hbond substituents is 1. The molecule has 2 rings (SSSR count). The Balaban J connectivity index is 2.68. The average molecular weight is 276 g/mol. The molecule has 1 aromatic rings. The number of aromatic hydroxyl groups is 1. The molecule has 0 saturated heterocycles. The Labute approximate surface area is 118 Å². The first-order valence-corrected chi connectivity index (χ1v) is 6.73. The molecule has 1 heterocycles. The SMILES string of the molecule is CCCN1C(=O)C(C)(C)C(=O)N(C)c2cc(O)ccc21. The van der Waals surface area contributed by atoms with E-state index in [1.165, 1.54) is 17.0 Å². The Kier molecular flexibility index (Phi) is 3.46. The minimum absolute atomic E-state index is 0.0759. The summed E-state index contributed by atoms with van der Waals surface area (Å²) in [5.41, 5.74) is 0.108. The van der Waals surface area contributed by atoms with E-state index in [-0.39, 0.29) is 17.6 Å². The van der Waals surface area contributed by atoms with Crippen molar-refractivity contribution in [3.8, 4) is 5.75 Å². The van der Waals surface area contributed by atoms with Crippen molar-refractivity contribution in [1.82, 2.24) is 0 Å². The third-order valence-corrected chi connectivity index (χ3v) is 3.68. The van der Waals surface area contributed by atoms with Crippen molar-refractivity contribution in [3.05, 3.63) is 18.2 Å². The monoisotopic (exact) mass is 276 g/mol. The molecule has 0 saturated carbocycles. The molecule has 5 nitrogen and oxygen atoms in total. The zero-order chi connectivity index (χ0) is 15.1. The molecule has 0 atom stereocenters. The van der Waals surface area contributed by atoms with Gasteiger partial charge in [-0.15, -0.1) is 0 Å². The molecule has 5 heteroatoms. The van der Waals surface area contributed by atoms with Gasteiger partial charge in [0.2, 0.25) is 11.8 Å². The number of carbonyl (C=O) groups is 2. The number of fused-ring (bicyclic) bond motifs is 1. The Morgan fingerprint density at radius 3 is 2.40 bits per heavy atom. The van der Waals surface area contributed by atoms with E-state index in [2.05, 4.69) is 0 Å². The minimum Gasteiger partial charge on any atom is -0.508 e. The van der Waals surface area contributed by atoms with E-state index in [0.717, 1.165) is 6.42 Å². The molecule has 0 fully saturated rings. The molecular formula is C15H20N2O3. The standard InChI is InChI=1S/C15H20N2O3/c1-5-8-17-11-7-6-10(18)9-12(11)16(4)13(19)15(2,3)14(17)20/h6-7,9,18H,5,8H2,1-4H3. The molecule has 0 bridgehead atoms. The zero-order valence-corrected chi connectivity index (χ0v) is 12.3. The van der Waals surface area contributed by atoms with Gasteiger partial charge >= 0.3 is 0 Å². The van der Waals surface area contributed by atoms with Crippen LogP contribution in [-0.4, -0.2) is 30.5 Å². The highest BCUT2D eigenvalue weighted by molar-refractivity contribution is 6.20. The Morgan fingerprint density at radius 2 is 1.80 bits per heavy atom. The van der Waals surface area contributed by atoms with Gasteiger partial charge in [0.1, 0.15) is 11.2 Å². The molecule has 0 spiro atoms. The molecule has 0 unspecified atom stereocenters. The molecule has 0 radical (unpaired) electrons. The van der Waals surface area contributed by atoms with Crippen LogP contribution in [0.25, 0.3) is 0 Å².